The number of hydrogen-bond acceptors (Lipinski definition) is 7. The Morgan fingerprint density at radius 1 is 0.429 bits per heavy atom. The van der Waals surface area contributed by atoms with Crippen molar-refractivity contribution in [3.05, 3.63) is 190 Å². The molecule has 0 heterocycles. The predicted octanol–water partition coefficient (Wildman–Crippen LogP) is 9.94. The van der Waals surface area contributed by atoms with Gasteiger partial charge < -0.3 is 34.3 Å². The topological polar surface area (TPSA) is 104 Å². The van der Waals surface area contributed by atoms with Gasteiger partial charge in [-0.2, -0.15) is 0 Å². The van der Waals surface area contributed by atoms with Crippen molar-refractivity contribution in [1.82, 2.24) is 10.6 Å². The van der Waals surface area contributed by atoms with E-state index in [0.29, 0.717) is 63.9 Å². The fraction of sp³-hybridized carbons (Fsp3) is 0.296. The molecule has 0 atom stereocenters. The number of amides is 2. The second-order valence-electron chi connectivity index (χ2n) is 15.2. The van der Waals surface area contributed by atoms with Gasteiger partial charge in [-0.3, -0.25) is 9.59 Å². The van der Waals surface area contributed by atoms with Gasteiger partial charge in [0.15, 0.2) is 23.0 Å². The zero-order chi connectivity index (χ0) is 43.9. The number of rotatable bonds is 26. The van der Waals surface area contributed by atoms with E-state index < -0.39 is 0 Å². The molecule has 0 radical (unpaired) electrons. The van der Waals surface area contributed by atoms with E-state index in [-0.39, 0.29) is 37.9 Å². The van der Waals surface area contributed by atoms with Crippen LogP contribution in [0.3, 0.4) is 0 Å². The first-order valence-electron chi connectivity index (χ1n) is 22.1. The third kappa shape index (κ3) is 14.8. The van der Waals surface area contributed by atoms with Gasteiger partial charge >= 0.3 is 0 Å². The van der Waals surface area contributed by atoms with Gasteiger partial charge in [0.2, 0.25) is 11.8 Å². The maximum atomic E-state index is 12.7. The third-order valence-electron chi connectivity index (χ3n) is 10.7. The summed E-state index contributed by atoms with van der Waals surface area (Å²) in [5, 5.41) is 6.05. The fourth-order valence-corrected chi connectivity index (χ4v) is 7.29. The minimum Gasteiger partial charge on any atom is -0.485 e. The fourth-order valence-electron chi connectivity index (χ4n) is 7.29. The van der Waals surface area contributed by atoms with E-state index in [9.17, 15) is 9.59 Å². The van der Waals surface area contributed by atoms with Crippen LogP contribution in [0.25, 0.3) is 0 Å². The van der Waals surface area contributed by atoms with E-state index in [4.69, 9.17) is 23.7 Å². The van der Waals surface area contributed by atoms with E-state index in [2.05, 4.69) is 36.6 Å². The molecule has 0 aliphatic carbocycles. The summed E-state index contributed by atoms with van der Waals surface area (Å²) in [5.74, 6) is 2.67. The molecule has 0 unspecified atom stereocenters. The average molecular weight is 849 g/mol. The summed E-state index contributed by atoms with van der Waals surface area (Å²) in [4.78, 5) is 25.5. The van der Waals surface area contributed by atoms with E-state index in [1.807, 2.05) is 133 Å². The highest BCUT2D eigenvalue weighted by atomic mass is 16.5. The highest BCUT2D eigenvalue weighted by molar-refractivity contribution is 5.76. The quantitative estimate of drug-likeness (QED) is 0.0524. The molecule has 0 aliphatic heterocycles. The lowest BCUT2D eigenvalue weighted by Gasteiger charge is -2.19. The van der Waals surface area contributed by atoms with Crippen LogP contribution in [0.15, 0.2) is 146 Å². The van der Waals surface area contributed by atoms with Crippen molar-refractivity contribution in [2.45, 2.75) is 78.8 Å². The lowest BCUT2D eigenvalue weighted by molar-refractivity contribution is -0.122. The maximum absolute atomic E-state index is 12.7. The number of nitrogens with one attached hydrogen (secondary N) is 2. The molecule has 6 aromatic rings. The Morgan fingerprint density at radius 2 is 0.762 bits per heavy atom. The van der Waals surface area contributed by atoms with Crippen LogP contribution in [0.4, 0.5) is 0 Å². The van der Waals surface area contributed by atoms with Gasteiger partial charge in [0.25, 0.3) is 0 Å². The minimum atomic E-state index is -0.101. The molecule has 0 aliphatic rings. The van der Waals surface area contributed by atoms with Crippen LogP contribution in [-0.4, -0.2) is 38.1 Å². The van der Waals surface area contributed by atoms with Gasteiger partial charge in [0.1, 0.15) is 26.4 Å². The first-order valence-corrected chi connectivity index (χ1v) is 22.1. The Balaban J connectivity index is 0.926. The zero-order valence-electron chi connectivity index (χ0n) is 36.6. The first kappa shape index (κ1) is 45.9. The molecule has 9 nitrogen and oxygen atoms in total. The van der Waals surface area contributed by atoms with Crippen LogP contribution in [-0.2, 0) is 66.4 Å². The smallest absolute Gasteiger partial charge is 0.222 e. The molecule has 0 bridgehead atoms. The molecule has 0 fully saturated rings. The summed E-state index contributed by atoms with van der Waals surface area (Å²) in [6, 6.07) is 48.4. The largest absolute Gasteiger partial charge is 0.485 e. The van der Waals surface area contributed by atoms with Crippen LogP contribution >= 0.6 is 0 Å². The van der Waals surface area contributed by atoms with E-state index in [1.54, 1.807) is 0 Å². The highest BCUT2D eigenvalue weighted by Crippen LogP contribution is 2.37. The van der Waals surface area contributed by atoms with Gasteiger partial charge in [-0.1, -0.05) is 147 Å². The minimum absolute atomic E-state index is 0.101. The van der Waals surface area contributed by atoms with Gasteiger partial charge in [-0.25, -0.2) is 0 Å². The Labute approximate surface area is 372 Å². The number of ether oxygens (including phenoxy) is 5. The molecule has 6 aromatic carbocycles. The Morgan fingerprint density at radius 3 is 1.10 bits per heavy atom. The Bertz CT molecular complexity index is 2120. The molecule has 328 valence electrons. The molecule has 0 aromatic heterocycles. The Hall–Kier alpha value is -6.58. The van der Waals surface area contributed by atoms with Gasteiger partial charge in [-0.05, 0) is 71.2 Å². The number of hydrogen-bond donors (Lipinski definition) is 2. The van der Waals surface area contributed by atoms with Crippen LogP contribution in [0, 0.1) is 0 Å². The van der Waals surface area contributed by atoms with E-state index >= 15 is 0 Å². The second-order valence-corrected chi connectivity index (χ2v) is 15.2. The molecule has 0 saturated carbocycles. The Kier molecular flexibility index (Phi) is 18.5. The summed E-state index contributed by atoms with van der Waals surface area (Å²) < 4.78 is 31.1. The van der Waals surface area contributed by atoms with Crippen molar-refractivity contribution >= 4 is 11.8 Å². The van der Waals surface area contributed by atoms with E-state index in [0.717, 1.165) is 68.8 Å². The molecule has 0 spiro atoms. The molecule has 6 rings (SSSR count). The predicted molar refractivity (Wildman–Crippen MR) is 248 cm³/mol. The molecular weight excluding hydrogens is 789 g/mol. The van der Waals surface area contributed by atoms with Crippen molar-refractivity contribution in [1.29, 1.82) is 0 Å². The van der Waals surface area contributed by atoms with Crippen molar-refractivity contribution in [3.63, 3.8) is 0 Å². The molecular formula is C54H60N2O7. The molecule has 63 heavy (non-hydrogen) atoms. The standard InChI is InChI=1S/C54H60N2O7/c1-3-47-45(25-27-49(60-37-41-17-9-5-10-18-41)53(47)62-39-43-21-13-7-14-22-43)29-33-55-51(57)31-35-59-36-32-52(58)56-34-30-46-26-28-50(61-38-42-19-11-6-12-20-42)54(48(46)4-2)63-40-44-23-15-8-16-24-44/h5-28H,3-4,29-40H2,1-2H3,(H,55,57)(H,56,58). The van der Waals surface area contributed by atoms with Crippen molar-refractivity contribution in [2.75, 3.05) is 26.3 Å². The van der Waals surface area contributed by atoms with Gasteiger partial charge in [0.05, 0.1) is 13.2 Å². The van der Waals surface area contributed by atoms with Crippen molar-refractivity contribution in [3.8, 4) is 23.0 Å². The van der Waals surface area contributed by atoms with Crippen LogP contribution in [0.1, 0.15) is 71.2 Å². The van der Waals surface area contributed by atoms with Crippen molar-refractivity contribution in [2.24, 2.45) is 0 Å². The molecule has 0 saturated heterocycles. The van der Waals surface area contributed by atoms with Crippen LogP contribution < -0.4 is 29.6 Å². The van der Waals surface area contributed by atoms with Crippen LogP contribution in [0.2, 0.25) is 0 Å². The summed E-state index contributed by atoms with van der Waals surface area (Å²) in [6.07, 6.45) is 3.20. The number of carbonyl (C=O) groups excluding carboxylic acids is 2. The van der Waals surface area contributed by atoms with Crippen molar-refractivity contribution < 1.29 is 33.3 Å². The number of carbonyl (C=O) groups is 2. The van der Waals surface area contributed by atoms with Crippen LogP contribution in [0.5, 0.6) is 23.0 Å². The summed E-state index contributed by atoms with van der Waals surface area (Å²) >= 11 is 0. The van der Waals surface area contributed by atoms with Gasteiger partial charge in [0, 0.05) is 37.1 Å². The first-order chi connectivity index (χ1) is 31.0. The summed E-state index contributed by atoms with van der Waals surface area (Å²) in [5.41, 5.74) is 8.63. The average Bonchev–Trinajstić information content (AvgIpc) is 3.32. The maximum Gasteiger partial charge on any atom is 0.222 e. The molecule has 2 N–H and O–H groups in total. The summed E-state index contributed by atoms with van der Waals surface area (Å²) in [7, 11) is 0. The lowest BCUT2D eigenvalue weighted by atomic mass is 10.0. The monoisotopic (exact) mass is 848 g/mol. The molecule has 9 heteroatoms. The SMILES string of the molecule is CCc1c(CCNC(=O)CCOCCC(=O)NCCc2ccc(OCc3ccccc3)c(OCc3ccccc3)c2CC)ccc(OCc2ccccc2)c1OCc1ccccc1. The summed E-state index contributed by atoms with van der Waals surface area (Å²) in [6.45, 7) is 7.33. The van der Waals surface area contributed by atoms with Gasteiger partial charge in [-0.15, -0.1) is 0 Å². The lowest BCUT2D eigenvalue weighted by Crippen LogP contribution is -2.28. The zero-order valence-corrected chi connectivity index (χ0v) is 36.6. The molecule has 2 amide bonds. The second kappa shape index (κ2) is 25.4. The number of benzene rings is 6. The highest BCUT2D eigenvalue weighted by Gasteiger charge is 2.18. The van der Waals surface area contributed by atoms with E-state index in [1.165, 1.54) is 0 Å². The third-order valence-corrected chi connectivity index (χ3v) is 10.7. The normalized spacial score (nSPS) is 10.8.